The van der Waals surface area contributed by atoms with Gasteiger partial charge in [-0.15, -0.1) is 0 Å². The fraction of sp³-hybridized carbons (Fsp3) is 0.240. The molecule has 0 saturated heterocycles. The fourth-order valence-electron chi connectivity index (χ4n) is 4.66. The number of carbonyl (C=O) groups excluding carboxylic acids is 1. The molecule has 0 radical (unpaired) electrons. The zero-order valence-corrected chi connectivity index (χ0v) is 18.1. The average molecular weight is 433 g/mol. The summed E-state index contributed by atoms with van der Waals surface area (Å²) in [7, 11) is -3.82. The number of amides is 1. The third-order valence-corrected chi connectivity index (χ3v) is 7.64. The van der Waals surface area contributed by atoms with Gasteiger partial charge in [0.25, 0.3) is 0 Å². The second-order valence-electron chi connectivity index (χ2n) is 8.21. The van der Waals surface area contributed by atoms with E-state index in [2.05, 4.69) is 4.72 Å². The number of benzene rings is 3. The van der Waals surface area contributed by atoms with Crippen LogP contribution in [0.4, 0.5) is 5.69 Å². The Labute approximate surface area is 182 Å². The molecular formula is C25H24N2O3S. The Hall–Kier alpha value is -2.96. The van der Waals surface area contributed by atoms with Gasteiger partial charge in [0, 0.05) is 6.54 Å². The summed E-state index contributed by atoms with van der Waals surface area (Å²) in [6.45, 7) is 2.56. The Kier molecular flexibility index (Phi) is 4.91. The maximum atomic E-state index is 13.5. The highest BCUT2D eigenvalue weighted by Gasteiger charge is 2.39. The number of carbonyl (C=O) groups is 1. The standard InChI is InChI=1S/C25H24N2O3S/c1-17-22-16-21(15-20-13-8-14-27(24(20)22)25(17)28)31(29,30)26-23(18-9-4-2-5-10-18)19-11-6-3-7-12-19/h2-7,9-12,15-17,23,26H,8,13-14H2,1H3/t17-/m0/s1. The summed E-state index contributed by atoms with van der Waals surface area (Å²) in [5.41, 5.74) is 4.42. The van der Waals surface area contributed by atoms with Gasteiger partial charge in [-0.3, -0.25) is 4.79 Å². The van der Waals surface area contributed by atoms with Crippen LogP contribution in [-0.2, 0) is 21.2 Å². The van der Waals surface area contributed by atoms with Gasteiger partial charge in [0.05, 0.1) is 22.5 Å². The second-order valence-corrected chi connectivity index (χ2v) is 9.92. The molecule has 0 aromatic heterocycles. The lowest BCUT2D eigenvalue weighted by molar-refractivity contribution is -0.119. The molecule has 2 aliphatic heterocycles. The molecule has 5 nitrogen and oxygen atoms in total. The van der Waals surface area contributed by atoms with E-state index < -0.39 is 16.1 Å². The van der Waals surface area contributed by atoms with E-state index in [-0.39, 0.29) is 16.7 Å². The molecule has 0 aliphatic carbocycles. The molecular weight excluding hydrogens is 408 g/mol. The molecule has 2 heterocycles. The van der Waals surface area contributed by atoms with Crippen LogP contribution in [0, 0.1) is 0 Å². The lowest BCUT2D eigenvalue weighted by atomic mass is 9.97. The van der Waals surface area contributed by atoms with Crippen LogP contribution in [0.3, 0.4) is 0 Å². The van der Waals surface area contributed by atoms with E-state index in [0.717, 1.165) is 40.8 Å². The number of sulfonamides is 1. The average Bonchev–Trinajstić information content (AvgIpc) is 3.05. The van der Waals surface area contributed by atoms with Gasteiger partial charge in [-0.25, -0.2) is 8.42 Å². The van der Waals surface area contributed by atoms with Crippen molar-refractivity contribution in [2.24, 2.45) is 0 Å². The molecule has 31 heavy (non-hydrogen) atoms. The molecule has 5 rings (SSSR count). The molecule has 158 valence electrons. The summed E-state index contributed by atoms with van der Waals surface area (Å²) in [6.07, 6.45) is 1.63. The SMILES string of the molecule is C[C@@H]1C(=O)N2CCCc3cc(S(=O)(=O)NC(c4ccccc4)c4ccccc4)cc1c32. The molecule has 3 aromatic carbocycles. The number of hydrogen-bond acceptors (Lipinski definition) is 3. The highest BCUT2D eigenvalue weighted by atomic mass is 32.2. The first-order valence-electron chi connectivity index (χ1n) is 10.6. The van der Waals surface area contributed by atoms with Crippen molar-refractivity contribution in [1.29, 1.82) is 0 Å². The maximum Gasteiger partial charge on any atom is 0.241 e. The van der Waals surface area contributed by atoms with Crippen LogP contribution in [0.2, 0.25) is 0 Å². The minimum Gasteiger partial charge on any atom is -0.311 e. The van der Waals surface area contributed by atoms with Gasteiger partial charge >= 0.3 is 0 Å². The number of hydrogen-bond donors (Lipinski definition) is 1. The predicted octanol–water partition coefficient (Wildman–Crippen LogP) is 4.15. The van der Waals surface area contributed by atoms with Crippen molar-refractivity contribution in [1.82, 2.24) is 4.72 Å². The highest BCUT2D eigenvalue weighted by Crippen LogP contribution is 2.44. The molecule has 0 fully saturated rings. The Morgan fingerprint density at radius 2 is 1.58 bits per heavy atom. The zero-order chi connectivity index (χ0) is 21.6. The van der Waals surface area contributed by atoms with Crippen molar-refractivity contribution in [3.8, 4) is 0 Å². The zero-order valence-electron chi connectivity index (χ0n) is 17.3. The van der Waals surface area contributed by atoms with Crippen LogP contribution in [0.1, 0.15) is 47.6 Å². The maximum absolute atomic E-state index is 13.5. The normalized spacial score (nSPS) is 17.8. The summed E-state index contributed by atoms with van der Waals surface area (Å²) >= 11 is 0. The van der Waals surface area contributed by atoms with Gasteiger partial charge in [-0.2, -0.15) is 4.72 Å². The number of nitrogens with one attached hydrogen (secondary N) is 1. The minimum absolute atomic E-state index is 0.0601. The van der Waals surface area contributed by atoms with Crippen LogP contribution < -0.4 is 9.62 Å². The monoisotopic (exact) mass is 432 g/mol. The fourth-order valence-corrected chi connectivity index (χ4v) is 5.96. The molecule has 0 spiro atoms. The van der Waals surface area contributed by atoms with E-state index in [9.17, 15) is 13.2 Å². The first kappa shape index (κ1) is 20.0. The van der Waals surface area contributed by atoms with Crippen molar-refractivity contribution in [3.63, 3.8) is 0 Å². The Balaban J connectivity index is 1.57. The predicted molar refractivity (Wildman–Crippen MR) is 121 cm³/mol. The number of rotatable bonds is 5. The Morgan fingerprint density at radius 1 is 0.968 bits per heavy atom. The van der Waals surface area contributed by atoms with Gasteiger partial charge in [0.1, 0.15) is 0 Å². The van der Waals surface area contributed by atoms with Crippen molar-refractivity contribution >= 4 is 21.6 Å². The van der Waals surface area contributed by atoms with E-state index >= 15 is 0 Å². The molecule has 0 bridgehead atoms. The topological polar surface area (TPSA) is 66.5 Å². The van der Waals surface area contributed by atoms with Crippen molar-refractivity contribution < 1.29 is 13.2 Å². The second kappa shape index (κ2) is 7.62. The van der Waals surface area contributed by atoms with Gasteiger partial charge in [0.2, 0.25) is 15.9 Å². The molecule has 3 aromatic rings. The first-order valence-corrected chi connectivity index (χ1v) is 12.0. The summed E-state index contributed by atoms with van der Waals surface area (Å²) < 4.78 is 30.0. The number of nitrogens with zero attached hydrogens (tertiary/aromatic N) is 1. The molecule has 1 amide bonds. The van der Waals surface area contributed by atoms with Crippen LogP contribution in [0.5, 0.6) is 0 Å². The van der Waals surface area contributed by atoms with E-state index in [0.29, 0.717) is 6.54 Å². The third kappa shape index (κ3) is 3.46. The van der Waals surface area contributed by atoms with Crippen LogP contribution in [-0.4, -0.2) is 20.9 Å². The van der Waals surface area contributed by atoms with E-state index in [4.69, 9.17) is 0 Å². The molecule has 0 saturated carbocycles. The van der Waals surface area contributed by atoms with E-state index in [1.54, 1.807) is 12.1 Å². The molecule has 0 unspecified atom stereocenters. The Bertz CT molecular complexity index is 1200. The Morgan fingerprint density at radius 3 is 2.19 bits per heavy atom. The first-order chi connectivity index (χ1) is 15.0. The van der Waals surface area contributed by atoms with E-state index in [1.807, 2.05) is 72.5 Å². The molecule has 2 aliphatic rings. The lowest BCUT2D eigenvalue weighted by Crippen LogP contribution is -2.32. The molecule has 1 atom stereocenters. The lowest BCUT2D eigenvalue weighted by Gasteiger charge is -2.26. The molecule has 6 heteroatoms. The minimum atomic E-state index is -3.82. The third-order valence-electron chi connectivity index (χ3n) is 6.24. The largest absolute Gasteiger partial charge is 0.311 e. The van der Waals surface area contributed by atoms with Gasteiger partial charge in [-0.05, 0) is 54.2 Å². The quantitative estimate of drug-likeness (QED) is 0.659. The number of anilines is 1. The number of aryl methyl sites for hydroxylation is 1. The van der Waals surface area contributed by atoms with Crippen molar-refractivity contribution in [2.75, 3.05) is 11.4 Å². The summed E-state index contributed by atoms with van der Waals surface area (Å²) in [6, 6.07) is 22.0. The van der Waals surface area contributed by atoms with Crippen LogP contribution >= 0.6 is 0 Å². The highest BCUT2D eigenvalue weighted by molar-refractivity contribution is 7.89. The van der Waals surface area contributed by atoms with Crippen molar-refractivity contribution in [3.05, 3.63) is 95.1 Å². The van der Waals surface area contributed by atoms with Gasteiger partial charge < -0.3 is 4.90 Å². The van der Waals surface area contributed by atoms with E-state index in [1.165, 1.54) is 0 Å². The summed E-state index contributed by atoms with van der Waals surface area (Å²) in [4.78, 5) is 14.7. The summed E-state index contributed by atoms with van der Waals surface area (Å²) in [5, 5.41) is 0. The van der Waals surface area contributed by atoms with Crippen LogP contribution in [0.25, 0.3) is 0 Å². The summed E-state index contributed by atoms with van der Waals surface area (Å²) in [5.74, 6) is -0.258. The van der Waals surface area contributed by atoms with Crippen molar-refractivity contribution in [2.45, 2.75) is 36.6 Å². The van der Waals surface area contributed by atoms with Gasteiger partial charge in [-0.1, -0.05) is 60.7 Å². The van der Waals surface area contributed by atoms with Gasteiger partial charge in [0.15, 0.2) is 0 Å². The smallest absolute Gasteiger partial charge is 0.241 e. The molecule has 1 N–H and O–H groups in total. The van der Waals surface area contributed by atoms with Crippen LogP contribution in [0.15, 0.2) is 77.7 Å².